The number of carboxylic acids is 1. The van der Waals surface area contributed by atoms with Crippen LogP contribution in [0, 0.1) is 0 Å². The highest BCUT2D eigenvalue weighted by Crippen LogP contribution is 2.33. The molecule has 0 bridgehead atoms. The van der Waals surface area contributed by atoms with Crippen molar-refractivity contribution < 1.29 is 44.6 Å². The van der Waals surface area contributed by atoms with Crippen LogP contribution in [0.1, 0.15) is 13.3 Å². The van der Waals surface area contributed by atoms with E-state index in [-0.39, 0.29) is 13.2 Å². The summed E-state index contributed by atoms with van der Waals surface area (Å²) in [7, 11) is 0. The molecule has 1 saturated heterocycles. The van der Waals surface area contributed by atoms with E-state index in [1.807, 2.05) is 0 Å². The number of aliphatic carboxylic acids is 1. The van der Waals surface area contributed by atoms with Crippen molar-refractivity contribution in [2.75, 3.05) is 19.8 Å². The lowest BCUT2D eigenvalue weighted by Gasteiger charge is -2.46. The van der Waals surface area contributed by atoms with E-state index in [1.165, 1.54) is 0 Å². The molecule has 8 N–H and O–H groups in total. The average Bonchev–Trinajstić information content (AvgIpc) is 2.53. The second-order valence-electron chi connectivity index (χ2n) is 5.52. The minimum atomic E-state index is -2.31. The Balaban J connectivity index is 3.16. The number of rotatable bonds is 8. The molecule has 0 spiro atoms. The third kappa shape index (κ3) is 4.60. The van der Waals surface area contributed by atoms with Crippen LogP contribution in [0.2, 0.25) is 0 Å². The maximum absolute atomic E-state index is 11.6. The van der Waals surface area contributed by atoms with Gasteiger partial charge in [0.1, 0.15) is 18.3 Å². The SMILES string of the molecule is CC(=O)NC1C(O)CC(OCCN)(C(=O)O)OC1C(O)C(O)CO. The van der Waals surface area contributed by atoms with Gasteiger partial charge in [0.15, 0.2) is 0 Å². The Kier molecular flexibility index (Phi) is 7.48. The van der Waals surface area contributed by atoms with Crippen LogP contribution in [0.15, 0.2) is 0 Å². The zero-order valence-corrected chi connectivity index (χ0v) is 13.2. The van der Waals surface area contributed by atoms with Crippen LogP contribution in [0.25, 0.3) is 0 Å². The van der Waals surface area contributed by atoms with Crippen LogP contribution in [0.4, 0.5) is 0 Å². The normalized spacial score (nSPS) is 32.8. The first-order valence-corrected chi connectivity index (χ1v) is 7.36. The molecule has 1 amide bonds. The Morgan fingerprint density at radius 3 is 2.54 bits per heavy atom. The van der Waals surface area contributed by atoms with Crippen LogP contribution < -0.4 is 11.1 Å². The molecule has 6 unspecified atom stereocenters. The highest BCUT2D eigenvalue weighted by Gasteiger charge is 2.55. The molecule has 11 nitrogen and oxygen atoms in total. The van der Waals surface area contributed by atoms with E-state index in [4.69, 9.17) is 20.3 Å². The van der Waals surface area contributed by atoms with E-state index >= 15 is 0 Å². The van der Waals surface area contributed by atoms with Gasteiger partial charge in [-0.2, -0.15) is 0 Å². The molecular formula is C13H24N2O9. The molecule has 1 aliphatic heterocycles. The number of nitrogens with two attached hydrogens (primary N) is 1. The largest absolute Gasteiger partial charge is 0.477 e. The molecule has 1 rings (SSSR count). The molecule has 140 valence electrons. The van der Waals surface area contributed by atoms with Gasteiger partial charge in [0, 0.05) is 19.9 Å². The van der Waals surface area contributed by atoms with Crippen molar-refractivity contribution in [3.8, 4) is 0 Å². The predicted octanol–water partition coefficient (Wildman–Crippen LogP) is -3.89. The van der Waals surface area contributed by atoms with Gasteiger partial charge in [0.2, 0.25) is 5.91 Å². The number of carbonyl (C=O) groups is 2. The van der Waals surface area contributed by atoms with E-state index in [2.05, 4.69) is 5.32 Å². The molecule has 1 heterocycles. The van der Waals surface area contributed by atoms with Gasteiger partial charge in [-0.1, -0.05) is 0 Å². The van der Waals surface area contributed by atoms with Gasteiger partial charge in [0.25, 0.3) is 5.79 Å². The Hall–Kier alpha value is -1.34. The maximum Gasteiger partial charge on any atom is 0.364 e. The summed E-state index contributed by atoms with van der Waals surface area (Å²) in [4.78, 5) is 22.9. The fourth-order valence-corrected chi connectivity index (χ4v) is 2.50. The summed E-state index contributed by atoms with van der Waals surface area (Å²) < 4.78 is 10.5. The lowest BCUT2D eigenvalue weighted by atomic mass is 9.88. The van der Waals surface area contributed by atoms with Crippen molar-refractivity contribution in [2.45, 2.75) is 49.6 Å². The van der Waals surface area contributed by atoms with Crippen molar-refractivity contribution in [2.24, 2.45) is 5.73 Å². The number of carbonyl (C=O) groups excluding carboxylic acids is 1. The monoisotopic (exact) mass is 352 g/mol. The lowest BCUT2D eigenvalue weighted by Crippen LogP contribution is -2.68. The number of nitrogens with one attached hydrogen (secondary N) is 1. The topological polar surface area (TPSA) is 192 Å². The number of aliphatic hydroxyl groups excluding tert-OH is 4. The highest BCUT2D eigenvalue weighted by atomic mass is 16.7. The van der Waals surface area contributed by atoms with Crippen LogP contribution >= 0.6 is 0 Å². The second kappa shape index (κ2) is 8.67. The van der Waals surface area contributed by atoms with Crippen LogP contribution in [0.5, 0.6) is 0 Å². The molecule has 0 aromatic rings. The van der Waals surface area contributed by atoms with Crippen LogP contribution in [-0.2, 0) is 19.1 Å². The van der Waals surface area contributed by atoms with Gasteiger partial charge in [-0.15, -0.1) is 0 Å². The Labute approximate surface area is 138 Å². The molecule has 0 aromatic heterocycles. The zero-order valence-electron chi connectivity index (χ0n) is 13.2. The van der Waals surface area contributed by atoms with E-state index in [1.54, 1.807) is 0 Å². The minimum Gasteiger partial charge on any atom is -0.477 e. The number of hydrogen-bond donors (Lipinski definition) is 7. The standard InChI is InChI=1S/C13H24N2O9/c1-6(17)15-9-7(18)4-13(12(21)22,23-3-2-14)24-11(9)10(20)8(19)5-16/h7-11,16,18-20H,2-5,14H2,1H3,(H,15,17)(H,21,22). The maximum atomic E-state index is 11.6. The van der Waals surface area contributed by atoms with E-state index in [9.17, 15) is 30.0 Å². The lowest BCUT2D eigenvalue weighted by molar-refractivity contribution is -0.310. The van der Waals surface area contributed by atoms with Gasteiger partial charge in [-0.05, 0) is 0 Å². The first-order valence-electron chi connectivity index (χ1n) is 7.36. The van der Waals surface area contributed by atoms with E-state index in [0.29, 0.717) is 0 Å². The number of amides is 1. The van der Waals surface area contributed by atoms with Gasteiger partial charge >= 0.3 is 5.97 Å². The van der Waals surface area contributed by atoms with Crippen molar-refractivity contribution in [1.29, 1.82) is 0 Å². The molecule has 1 fully saturated rings. The second-order valence-corrected chi connectivity index (χ2v) is 5.52. The van der Waals surface area contributed by atoms with Gasteiger partial charge in [-0.3, -0.25) is 4.79 Å². The fourth-order valence-electron chi connectivity index (χ4n) is 2.50. The summed E-state index contributed by atoms with van der Waals surface area (Å²) in [5, 5.41) is 50.7. The number of aliphatic hydroxyl groups is 4. The van der Waals surface area contributed by atoms with Crippen molar-refractivity contribution in [3.63, 3.8) is 0 Å². The molecular weight excluding hydrogens is 328 g/mol. The highest BCUT2D eigenvalue weighted by molar-refractivity contribution is 5.76. The van der Waals surface area contributed by atoms with Gasteiger partial charge < -0.3 is 46.1 Å². The smallest absolute Gasteiger partial charge is 0.364 e. The molecule has 0 aromatic carbocycles. The minimum absolute atomic E-state index is 0.0178. The Morgan fingerprint density at radius 1 is 1.46 bits per heavy atom. The summed E-state index contributed by atoms with van der Waals surface area (Å²) >= 11 is 0. The molecule has 0 saturated carbocycles. The molecule has 24 heavy (non-hydrogen) atoms. The third-order valence-corrected chi connectivity index (χ3v) is 3.64. The number of hydrogen-bond acceptors (Lipinski definition) is 9. The summed E-state index contributed by atoms with van der Waals surface area (Å²) in [5.41, 5.74) is 5.28. The van der Waals surface area contributed by atoms with Gasteiger partial charge in [0.05, 0.1) is 25.4 Å². The Morgan fingerprint density at radius 2 is 2.08 bits per heavy atom. The van der Waals surface area contributed by atoms with Gasteiger partial charge in [-0.25, -0.2) is 4.79 Å². The first-order chi connectivity index (χ1) is 11.2. The average molecular weight is 352 g/mol. The number of carboxylic acid groups (broad SMARTS) is 1. The molecule has 0 radical (unpaired) electrons. The van der Waals surface area contributed by atoms with E-state index < -0.39 is 61.1 Å². The summed E-state index contributed by atoms with van der Waals surface area (Å²) in [6, 6.07) is -1.22. The zero-order chi connectivity index (χ0) is 18.5. The summed E-state index contributed by atoms with van der Waals surface area (Å²) in [6.45, 7) is 0.0987. The van der Waals surface area contributed by atoms with Crippen LogP contribution in [-0.4, -0.2) is 93.4 Å². The van der Waals surface area contributed by atoms with Crippen LogP contribution in [0.3, 0.4) is 0 Å². The molecule has 6 atom stereocenters. The predicted molar refractivity (Wildman–Crippen MR) is 77.6 cm³/mol. The summed E-state index contributed by atoms with van der Waals surface area (Å²) in [6.07, 6.45) is -7.01. The van der Waals surface area contributed by atoms with Crippen molar-refractivity contribution in [3.05, 3.63) is 0 Å². The molecule has 11 heteroatoms. The quantitative estimate of drug-likeness (QED) is 0.227. The molecule has 1 aliphatic rings. The number of ether oxygens (including phenoxy) is 2. The summed E-state index contributed by atoms with van der Waals surface area (Å²) in [5.74, 6) is -4.44. The fraction of sp³-hybridized carbons (Fsp3) is 0.846. The molecule has 0 aliphatic carbocycles. The third-order valence-electron chi connectivity index (χ3n) is 3.64. The Bertz CT molecular complexity index is 449. The van der Waals surface area contributed by atoms with Crippen molar-refractivity contribution in [1.82, 2.24) is 5.32 Å². The first kappa shape index (κ1) is 20.7. The van der Waals surface area contributed by atoms with E-state index in [0.717, 1.165) is 6.92 Å². The van der Waals surface area contributed by atoms with Crippen molar-refractivity contribution >= 4 is 11.9 Å².